The molecule has 0 aliphatic carbocycles. The fourth-order valence-electron chi connectivity index (χ4n) is 4.55. The fourth-order valence-corrected chi connectivity index (χ4v) is 4.55. The van der Waals surface area contributed by atoms with Gasteiger partial charge in [0.2, 0.25) is 0 Å². The molecule has 0 saturated carbocycles. The number of hydrogen-bond donors (Lipinski definition) is 0. The lowest BCUT2D eigenvalue weighted by Gasteiger charge is -2.15. The molecule has 4 nitrogen and oxygen atoms in total. The van der Waals surface area contributed by atoms with Gasteiger partial charge in [-0.2, -0.15) is 0 Å². The van der Waals surface area contributed by atoms with E-state index >= 15 is 0 Å². The van der Waals surface area contributed by atoms with Gasteiger partial charge in [-0.15, -0.1) is 0 Å². The molecule has 36 heavy (non-hydrogen) atoms. The summed E-state index contributed by atoms with van der Waals surface area (Å²) in [4.78, 5) is 18.8. The highest BCUT2D eigenvalue weighted by molar-refractivity contribution is 6.10. The number of ketones is 1. The third-order valence-electron chi connectivity index (χ3n) is 6.17. The van der Waals surface area contributed by atoms with E-state index < -0.39 is 11.6 Å². The summed E-state index contributed by atoms with van der Waals surface area (Å²) in [6.45, 7) is 7.14. The number of fused-ring (bicyclic) bond motifs is 1. The molecule has 6 heteroatoms. The lowest BCUT2D eigenvalue weighted by atomic mass is 9.96. The number of rotatable bonds is 10. The second-order valence-corrected chi connectivity index (χ2v) is 9.09. The standard InChI is InChI=1S/C30H30F2N2O2/c1-4-36-33-18-23-10-13-24-27(17-23)34(19-22-8-6-5-7-9-22)30(20(2)3)29(24)28(35)15-12-21-11-14-25(31)26(32)16-21/h5-11,13-14,16-18,20H,4,12,15,19H2,1-3H3/b33-18+. The van der Waals surface area contributed by atoms with Crippen molar-refractivity contribution in [1.29, 1.82) is 0 Å². The highest BCUT2D eigenvalue weighted by atomic mass is 19.2. The Hall–Kier alpha value is -3.80. The van der Waals surface area contributed by atoms with Crippen molar-refractivity contribution in [1.82, 2.24) is 4.57 Å². The van der Waals surface area contributed by atoms with E-state index in [1.165, 1.54) is 6.07 Å². The van der Waals surface area contributed by atoms with Gasteiger partial charge in [0.1, 0.15) is 6.61 Å². The van der Waals surface area contributed by atoms with Crippen molar-refractivity contribution in [3.8, 4) is 0 Å². The second kappa shape index (κ2) is 11.3. The molecular formula is C30H30F2N2O2. The van der Waals surface area contributed by atoms with E-state index in [0.29, 0.717) is 30.7 Å². The number of carbonyl (C=O) groups excluding carboxylic acids is 1. The highest BCUT2D eigenvalue weighted by Crippen LogP contribution is 2.34. The number of nitrogens with zero attached hydrogens (tertiary/aromatic N) is 2. The number of halogens is 2. The first-order valence-electron chi connectivity index (χ1n) is 12.2. The molecule has 0 bridgehead atoms. The molecule has 0 radical (unpaired) electrons. The lowest BCUT2D eigenvalue weighted by molar-refractivity contribution is 0.0982. The first-order chi connectivity index (χ1) is 17.4. The molecule has 0 spiro atoms. The van der Waals surface area contributed by atoms with Crippen LogP contribution in [0.4, 0.5) is 8.78 Å². The molecule has 0 atom stereocenters. The van der Waals surface area contributed by atoms with Crippen LogP contribution in [-0.2, 0) is 17.8 Å². The smallest absolute Gasteiger partial charge is 0.165 e. The Kier molecular flexibility index (Phi) is 7.93. The van der Waals surface area contributed by atoms with Gasteiger partial charge >= 0.3 is 0 Å². The predicted octanol–water partition coefficient (Wildman–Crippen LogP) is 7.28. The number of benzene rings is 3. The normalized spacial score (nSPS) is 11.6. The molecule has 1 aromatic heterocycles. The summed E-state index contributed by atoms with van der Waals surface area (Å²) in [5.74, 6) is -1.72. The van der Waals surface area contributed by atoms with E-state index in [4.69, 9.17) is 4.84 Å². The van der Waals surface area contributed by atoms with Gasteiger partial charge in [-0.25, -0.2) is 8.78 Å². The number of hydrogen-bond acceptors (Lipinski definition) is 3. The van der Waals surface area contributed by atoms with Crippen molar-refractivity contribution in [2.75, 3.05) is 6.61 Å². The maximum atomic E-state index is 13.7. The molecule has 186 valence electrons. The molecule has 0 amide bonds. The Balaban J connectivity index is 1.78. The molecule has 0 unspecified atom stereocenters. The van der Waals surface area contributed by atoms with Crippen LogP contribution in [0, 0.1) is 11.6 Å². The molecule has 4 rings (SSSR count). The van der Waals surface area contributed by atoms with Gasteiger partial charge in [-0.05, 0) is 54.2 Å². The summed E-state index contributed by atoms with van der Waals surface area (Å²) in [6.07, 6.45) is 2.20. The van der Waals surface area contributed by atoms with Crippen molar-refractivity contribution in [3.63, 3.8) is 0 Å². The van der Waals surface area contributed by atoms with E-state index in [9.17, 15) is 13.6 Å². The van der Waals surface area contributed by atoms with Crippen LogP contribution in [0.25, 0.3) is 10.9 Å². The maximum Gasteiger partial charge on any atom is 0.165 e. The van der Waals surface area contributed by atoms with Crippen LogP contribution >= 0.6 is 0 Å². The first-order valence-corrected chi connectivity index (χ1v) is 12.2. The lowest BCUT2D eigenvalue weighted by Crippen LogP contribution is -2.11. The Morgan fingerprint density at radius 2 is 1.78 bits per heavy atom. The average molecular weight is 489 g/mol. The third-order valence-corrected chi connectivity index (χ3v) is 6.17. The molecule has 3 aromatic carbocycles. The monoisotopic (exact) mass is 488 g/mol. The molecule has 4 aromatic rings. The summed E-state index contributed by atoms with van der Waals surface area (Å²) in [5, 5.41) is 4.87. The van der Waals surface area contributed by atoms with Crippen molar-refractivity contribution in [2.24, 2.45) is 5.16 Å². The van der Waals surface area contributed by atoms with E-state index in [2.05, 4.69) is 35.7 Å². The Morgan fingerprint density at radius 3 is 2.47 bits per heavy atom. The summed E-state index contributed by atoms with van der Waals surface area (Å²) in [7, 11) is 0. The Morgan fingerprint density at radius 1 is 1.00 bits per heavy atom. The van der Waals surface area contributed by atoms with Crippen molar-refractivity contribution in [3.05, 3.63) is 106 Å². The molecule has 1 heterocycles. The highest BCUT2D eigenvalue weighted by Gasteiger charge is 2.24. The van der Waals surface area contributed by atoms with Crippen LogP contribution < -0.4 is 0 Å². The molecule has 0 saturated heterocycles. The van der Waals surface area contributed by atoms with Gasteiger partial charge in [-0.1, -0.05) is 67.5 Å². The van der Waals surface area contributed by atoms with Crippen LogP contribution in [0.15, 0.2) is 71.9 Å². The van der Waals surface area contributed by atoms with Gasteiger partial charge in [0.25, 0.3) is 0 Å². The van der Waals surface area contributed by atoms with Crippen LogP contribution in [0.2, 0.25) is 0 Å². The minimum Gasteiger partial charge on any atom is -0.396 e. The van der Waals surface area contributed by atoms with Gasteiger partial charge < -0.3 is 9.40 Å². The maximum absolute atomic E-state index is 13.7. The van der Waals surface area contributed by atoms with Crippen LogP contribution in [-0.4, -0.2) is 23.2 Å². The quantitative estimate of drug-likeness (QED) is 0.134. The molecular weight excluding hydrogens is 458 g/mol. The summed E-state index contributed by atoms with van der Waals surface area (Å²) in [5.41, 5.74) is 5.19. The Bertz CT molecular complexity index is 1390. The third kappa shape index (κ3) is 5.54. The average Bonchev–Trinajstić information content (AvgIpc) is 3.19. The van der Waals surface area contributed by atoms with E-state index in [-0.39, 0.29) is 18.1 Å². The molecule has 0 aliphatic rings. The van der Waals surface area contributed by atoms with Gasteiger partial charge in [0.15, 0.2) is 17.4 Å². The number of carbonyl (C=O) groups is 1. The van der Waals surface area contributed by atoms with Crippen LogP contribution in [0.3, 0.4) is 0 Å². The van der Waals surface area contributed by atoms with Crippen LogP contribution in [0.1, 0.15) is 65.9 Å². The number of oxime groups is 1. The minimum atomic E-state index is -0.900. The number of aryl methyl sites for hydroxylation is 1. The van der Waals surface area contributed by atoms with Gasteiger partial charge in [-0.3, -0.25) is 4.79 Å². The zero-order chi connectivity index (χ0) is 25.7. The van der Waals surface area contributed by atoms with E-state index in [1.807, 2.05) is 43.3 Å². The van der Waals surface area contributed by atoms with E-state index in [1.54, 1.807) is 6.21 Å². The summed E-state index contributed by atoms with van der Waals surface area (Å²) < 4.78 is 29.2. The zero-order valence-electron chi connectivity index (χ0n) is 20.8. The molecule has 0 fully saturated rings. The Labute approximate surface area is 210 Å². The number of aromatic nitrogens is 1. The minimum absolute atomic E-state index is 0.0176. The van der Waals surface area contributed by atoms with Gasteiger partial charge in [0.05, 0.1) is 6.21 Å². The molecule has 0 N–H and O–H groups in total. The number of Topliss-reactive ketones (excluding diaryl/α,β-unsaturated/α-hetero) is 1. The largest absolute Gasteiger partial charge is 0.396 e. The van der Waals surface area contributed by atoms with Crippen molar-refractivity contribution in [2.45, 2.75) is 46.1 Å². The second-order valence-electron chi connectivity index (χ2n) is 9.09. The van der Waals surface area contributed by atoms with Gasteiger partial charge in [0, 0.05) is 35.1 Å². The summed E-state index contributed by atoms with van der Waals surface area (Å²) >= 11 is 0. The fraction of sp³-hybridized carbons (Fsp3) is 0.267. The SMILES string of the molecule is CCO/N=C/c1ccc2c(C(=O)CCc3ccc(F)c(F)c3)c(C(C)C)n(Cc3ccccc3)c2c1. The molecule has 0 aliphatic heterocycles. The zero-order valence-corrected chi connectivity index (χ0v) is 20.8. The first kappa shape index (κ1) is 25.3. The van der Waals surface area contributed by atoms with E-state index in [0.717, 1.165) is 39.9 Å². The van der Waals surface area contributed by atoms with Crippen molar-refractivity contribution < 1.29 is 18.4 Å². The van der Waals surface area contributed by atoms with Crippen molar-refractivity contribution >= 4 is 22.9 Å². The summed E-state index contributed by atoms with van der Waals surface area (Å²) in [6, 6.07) is 19.8. The predicted molar refractivity (Wildman–Crippen MR) is 140 cm³/mol. The van der Waals surface area contributed by atoms with Crippen LogP contribution in [0.5, 0.6) is 0 Å². The topological polar surface area (TPSA) is 43.6 Å².